The van der Waals surface area contributed by atoms with Crippen LogP contribution >= 0.6 is 0 Å². The van der Waals surface area contributed by atoms with Crippen molar-refractivity contribution in [1.29, 1.82) is 0 Å². The monoisotopic (exact) mass is 363 g/mol. The number of hydrogen-bond donors (Lipinski definition) is 1. The molecule has 1 aliphatic rings. The molecule has 1 aromatic carbocycles. The van der Waals surface area contributed by atoms with Crippen LogP contribution in [-0.4, -0.2) is 36.7 Å². The van der Waals surface area contributed by atoms with Gasteiger partial charge in [0, 0.05) is 18.7 Å². The Morgan fingerprint density at radius 3 is 2.48 bits per heavy atom. The molecule has 0 atom stereocenters. The third-order valence-corrected chi connectivity index (χ3v) is 6.24. The van der Waals surface area contributed by atoms with E-state index >= 15 is 0 Å². The number of piperidine rings is 1. The minimum Gasteiger partial charge on any atom is -0.448 e. The third-order valence-electron chi connectivity index (χ3n) is 4.33. The summed E-state index contributed by atoms with van der Waals surface area (Å²) in [4.78, 5) is 16.4. The summed E-state index contributed by atoms with van der Waals surface area (Å²) in [6.07, 6.45) is 4.18. The highest BCUT2D eigenvalue weighted by Gasteiger charge is 2.25. The summed E-state index contributed by atoms with van der Waals surface area (Å²) in [5.41, 5.74) is 1.07. The van der Waals surface area contributed by atoms with Crippen molar-refractivity contribution in [3.63, 3.8) is 0 Å². The first kappa shape index (κ1) is 17.6. The second kappa shape index (κ2) is 7.37. The highest BCUT2D eigenvalue weighted by molar-refractivity contribution is 7.89. The quantitative estimate of drug-likeness (QED) is 0.878. The fraction of sp³-hybridized carbons (Fsp3) is 0.412. The Bertz CT molecular complexity index is 837. The fourth-order valence-corrected chi connectivity index (χ4v) is 4.31. The molecule has 25 heavy (non-hydrogen) atoms. The highest BCUT2D eigenvalue weighted by Crippen LogP contribution is 2.20. The standard InChI is InChI=1S/C17H21N3O4S/c1-13-16(19-12-24-13)11-18-17(21)14-5-7-15(8-6-14)25(22,23)20-9-3-2-4-10-20/h5-8,12H,2-4,9-11H2,1H3,(H,18,21). The van der Waals surface area contributed by atoms with Crippen LogP contribution in [0.15, 0.2) is 40.0 Å². The first-order chi connectivity index (χ1) is 12.0. The molecule has 134 valence electrons. The van der Waals surface area contributed by atoms with Crippen LogP contribution < -0.4 is 5.32 Å². The molecule has 1 aliphatic heterocycles. The van der Waals surface area contributed by atoms with Gasteiger partial charge in [0.1, 0.15) is 11.5 Å². The van der Waals surface area contributed by atoms with E-state index in [0.29, 0.717) is 30.1 Å². The van der Waals surface area contributed by atoms with Gasteiger partial charge in [0.05, 0.1) is 11.4 Å². The highest BCUT2D eigenvalue weighted by atomic mass is 32.2. The lowest BCUT2D eigenvalue weighted by molar-refractivity contribution is 0.0950. The van der Waals surface area contributed by atoms with Crippen LogP contribution in [0.4, 0.5) is 0 Å². The van der Waals surface area contributed by atoms with Gasteiger partial charge in [0.2, 0.25) is 10.0 Å². The van der Waals surface area contributed by atoms with E-state index in [1.807, 2.05) is 0 Å². The Balaban J connectivity index is 1.67. The van der Waals surface area contributed by atoms with Crippen molar-refractivity contribution >= 4 is 15.9 Å². The Morgan fingerprint density at radius 2 is 1.88 bits per heavy atom. The van der Waals surface area contributed by atoms with Gasteiger partial charge in [-0.15, -0.1) is 0 Å². The van der Waals surface area contributed by atoms with Gasteiger partial charge >= 0.3 is 0 Å². The van der Waals surface area contributed by atoms with Crippen LogP contribution in [0, 0.1) is 6.92 Å². The van der Waals surface area contributed by atoms with E-state index in [9.17, 15) is 13.2 Å². The lowest BCUT2D eigenvalue weighted by Crippen LogP contribution is -2.35. The van der Waals surface area contributed by atoms with Crippen molar-refractivity contribution in [1.82, 2.24) is 14.6 Å². The molecular formula is C17H21N3O4S. The maximum absolute atomic E-state index is 12.6. The Hall–Kier alpha value is -2.19. The van der Waals surface area contributed by atoms with E-state index in [0.717, 1.165) is 19.3 Å². The van der Waals surface area contributed by atoms with Crippen molar-refractivity contribution in [2.45, 2.75) is 37.6 Å². The molecule has 1 amide bonds. The third kappa shape index (κ3) is 3.91. The second-order valence-corrected chi connectivity index (χ2v) is 7.96. The van der Waals surface area contributed by atoms with Gasteiger partial charge in [0.15, 0.2) is 6.39 Å². The molecule has 0 aliphatic carbocycles. The molecule has 1 aromatic heterocycles. The molecule has 0 spiro atoms. The summed E-state index contributed by atoms with van der Waals surface area (Å²) >= 11 is 0. The Kier molecular flexibility index (Phi) is 5.19. The first-order valence-electron chi connectivity index (χ1n) is 8.26. The molecular weight excluding hydrogens is 342 g/mol. The Morgan fingerprint density at radius 1 is 1.20 bits per heavy atom. The summed E-state index contributed by atoms with van der Waals surface area (Å²) in [6.45, 7) is 3.15. The topological polar surface area (TPSA) is 92.5 Å². The summed E-state index contributed by atoms with van der Waals surface area (Å²) < 4.78 is 31.8. The van der Waals surface area contributed by atoms with Crippen LogP contribution in [0.3, 0.4) is 0 Å². The summed E-state index contributed by atoms with van der Waals surface area (Å²) in [5.74, 6) is 0.368. The molecule has 7 nitrogen and oxygen atoms in total. The van der Waals surface area contributed by atoms with E-state index in [4.69, 9.17) is 4.42 Å². The van der Waals surface area contributed by atoms with Crippen molar-refractivity contribution in [2.24, 2.45) is 0 Å². The van der Waals surface area contributed by atoms with Crippen molar-refractivity contribution in [3.05, 3.63) is 47.7 Å². The van der Waals surface area contributed by atoms with Gasteiger partial charge in [-0.05, 0) is 44.0 Å². The number of carbonyl (C=O) groups is 1. The number of hydrogen-bond acceptors (Lipinski definition) is 5. The number of nitrogens with zero attached hydrogens (tertiary/aromatic N) is 2. The fourth-order valence-electron chi connectivity index (χ4n) is 2.80. The van der Waals surface area contributed by atoms with Gasteiger partial charge in [-0.1, -0.05) is 6.42 Å². The maximum atomic E-state index is 12.6. The molecule has 1 N–H and O–H groups in total. The molecule has 0 bridgehead atoms. The minimum absolute atomic E-state index is 0.221. The molecule has 3 rings (SSSR count). The number of aryl methyl sites for hydroxylation is 1. The predicted octanol–water partition coefficient (Wildman–Crippen LogP) is 2.09. The predicted molar refractivity (Wildman–Crippen MR) is 91.5 cm³/mol. The molecule has 0 radical (unpaired) electrons. The van der Waals surface area contributed by atoms with Crippen LogP contribution in [0.5, 0.6) is 0 Å². The Labute approximate surface area is 147 Å². The smallest absolute Gasteiger partial charge is 0.251 e. The van der Waals surface area contributed by atoms with E-state index in [1.165, 1.54) is 35.0 Å². The number of amides is 1. The van der Waals surface area contributed by atoms with Crippen LogP contribution in [0.1, 0.15) is 41.1 Å². The lowest BCUT2D eigenvalue weighted by atomic mass is 10.2. The maximum Gasteiger partial charge on any atom is 0.251 e. The van der Waals surface area contributed by atoms with E-state index < -0.39 is 10.0 Å². The number of nitrogens with one attached hydrogen (secondary N) is 1. The SMILES string of the molecule is Cc1ocnc1CNC(=O)c1ccc(S(=O)(=O)N2CCCCC2)cc1. The number of carbonyl (C=O) groups excluding carboxylic acids is 1. The number of rotatable bonds is 5. The largest absolute Gasteiger partial charge is 0.448 e. The van der Waals surface area contributed by atoms with Crippen LogP contribution in [-0.2, 0) is 16.6 Å². The minimum atomic E-state index is -3.48. The first-order valence-corrected chi connectivity index (χ1v) is 9.70. The average molecular weight is 363 g/mol. The molecule has 0 unspecified atom stereocenters. The molecule has 1 fully saturated rings. The normalized spacial score (nSPS) is 15.9. The molecule has 0 saturated carbocycles. The zero-order chi connectivity index (χ0) is 17.9. The van der Waals surface area contributed by atoms with Crippen molar-refractivity contribution in [3.8, 4) is 0 Å². The van der Waals surface area contributed by atoms with Gasteiger partial charge in [-0.3, -0.25) is 4.79 Å². The second-order valence-electron chi connectivity index (χ2n) is 6.03. The number of oxazole rings is 1. The summed E-state index contributed by atoms with van der Waals surface area (Å²) in [6, 6.07) is 6.03. The van der Waals surface area contributed by atoms with Crippen molar-refractivity contribution in [2.75, 3.05) is 13.1 Å². The number of sulfonamides is 1. The van der Waals surface area contributed by atoms with Gasteiger partial charge in [0.25, 0.3) is 5.91 Å². The van der Waals surface area contributed by atoms with Gasteiger partial charge in [-0.2, -0.15) is 4.31 Å². The van der Waals surface area contributed by atoms with Gasteiger partial charge in [-0.25, -0.2) is 13.4 Å². The van der Waals surface area contributed by atoms with Crippen molar-refractivity contribution < 1.29 is 17.6 Å². The van der Waals surface area contributed by atoms with E-state index in [2.05, 4.69) is 10.3 Å². The van der Waals surface area contributed by atoms with Crippen LogP contribution in [0.25, 0.3) is 0 Å². The molecule has 8 heteroatoms. The summed E-state index contributed by atoms with van der Waals surface area (Å²) in [7, 11) is -3.48. The van der Waals surface area contributed by atoms with Gasteiger partial charge < -0.3 is 9.73 Å². The zero-order valence-corrected chi connectivity index (χ0v) is 14.9. The van der Waals surface area contributed by atoms with E-state index in [1.54, 1.807) is 6.92 Å². The van der Waals surface area contributed by atoms with Crippen LogP contribution in [0.2, 0.25) is 0 Å². The number of aromatic nitrogens is 1. The summed E-state index contributed by atoms with van der Waals surface area (Å²) in [5, 5.41) is 2.74. The molecule has 2 heterocycles. The molecule has 1 saturated heterocycles. The number of benzene rings is 1. The molecule has 2 aromatic rings. The average Bonchev–Trinajstić information content (AvgIpc) is 3.05. The zero-order valence-electron chi connectivity index (χ0n) is 14.1. The lowest BCUT2D eigenvalue weighted by Gasteiger charge is -2.25. The van der Waals surface area contributed by atoms with E-state index in [-0.39, 0.29) is 17.3 Å².